The number of hydrogen-bond donors (Lipinski definition) is 3. The van der Waals surface area contributed by atoms with Crippen molar-refractivity contribution in [2.24, 2.45) is 7.05 Å². The number of nitrogens with one attached hydrogen (secondary N) is 3. The zero-order chi connectivity index (χ0) is 13.7. The molecule has 0 saturated heterocycles. The van der Waals surface area contributed by atoms with E-state index in [-0.39, 0.29) is 6.03 Å². The quantitative estimate of drug-likeness (QED) is 0.788. The van der Waals surface area contributed by atoms with Crippen LogP contribution in [0.25, 0.3) is 0 Å². The molecule has 0 unspecified atom stereocenters. The smallest absolute Gasteiger partial charge is 0.318 e. The van der Waals surface area contributed by atoms with Crippen LogP contribution in [0, 0.1) is 0 Å². The van der Waals surface area contributed by atoms with E-state index in [2.05, 4.69) is 26.6 Å². The molecule has 0 radical (unpaired) electrons. The minimum atomic E-state index is -0.218. The van der Waals surface area contributed by atoms with E-state index >= 15 is 0 Å². The maximum atomic E-state index is 11.1. The fourth-order valence-electron chi connectivity index (χ4n) is 1.74. The Morgan fingerprint density at radius 2 is 1.84 bits per heavy atom. The third-order valence-electron chi connectivity index (χ3n) is 2.89. The van der Waals surface area contributed by atoms with Gasteiger partial charge in [0.25, 0.3) is 0 Å². The maximum Gasteiger partial charge on any atom is 0.318 e. The number of aromatic nitrogens is 1. The Kier molecular flexibility index (Phi) is 4.07. The first-order valence-corrected chi connectivity index (χ1v) is 6.12. The van der Waals surface area contributed by atoms with Gasteiger partial charge >= 0.3 is 6.03 Å². The predicted octanol–water partition coefficient (Wildman–Crippen LogP) is 2.39. The number of rotatable bonds is 4. The van der Waals surface area contributed by atoms with Crippen LogP contribution in [-0.2, 0) is 13.6 Å². The Morgan fingerprint density at radius 1 is 1.16 bits per heavy atom. The molecule has 5 nitrogen and oxygen atoms in total. The van der Waals surface area contributed by atoms with Crippen LogP contribution in [0.4, 0.5) is 16.2 Å². The van der Waals surface area contributed by atoms with Gasteiger partial charge in [0, 0.05) is 37.4 Å². The highest BCUT2D eigenvalue weighted by Crippen LogP contribution is 2.14. The summed E-state index contributed by atoms with van der Waals surface area (Å²) in [5, 5.41) is 8.56. The molecule has 0 bridgehead atoms. The third kappa shape index (κ3) is 3.51. The molecular weight excluding hydrogens is 240 g/mol. The molecule has 100 valence electrons. The molecule has 0 aliphatic heterocycles. The minimum absolute atomic E-state index is 0.218. The number of carbonyl (C=O) groups is 1. The zero-order valence-corrected chi connectivity index (χ0v) is 11.1. The van der Waals surface area contributed by atoms with Crippen LogP contribution in [0.3, 0.4) is 0 Å². The van der Waals surface area contributed by atoms with Crippen LogP contribution < -0.4 is 16.0 Å². The van der Waals surface area contributed by atoms with Crippen molar-refractivity contribution >= 4 is 17.4 Å². The minimum Gasteiger partial charge on any atom is -0.379 e. The lowest BCUT2D eigenvalue weighted by Gasteiger charge is -2.09. The molecule has 0 fully saturated rings. The molecule has 3 N–H and O–H groups in total. The van der Waals surface area contributed by atoms with Gasteiger partial charge in [-0.15, -0.1) is 0 Å². The van der Waals surface area contributed by atoms with Gasteiger partial charge < -0.3 is 20.5 Å². The number of aryl methyl sites for hydroxylation is 1. The summed E-state index contributed by atoms with van der Waals surface area (Å²) >= 11 is 0. The van der Waals surface area contributed by atoms with Crippen LogP contribution in [0.1, 0.15) is 5.69 Å². The van der Waals surface area contributed by atoms with E-state index in [0.717, 1.165) is 17.9 Å². The van der Waals surface area contributed by atoms with E-state index in [1.807, 2.05) is 43.6 Å². The Bertz CT molecular complexity index is 545. The fourth-order valence-corrected chi connectivity index (χ4v) is 1.74. The summed E-state index contributed by atoms with van der Waals surface area (Å²) in [6.45, 7) is 0.770. The summed E-state index contributed by atoms with van der Waals surface area (Å²) in [5.41, 5.74) is 3.00. The van der Waals surface area contributed by atoms with Crippen molar-refractivity contribution in [1.82, 2.24) is 9.88 Å². The largest absolute Gasteiger partial charge is 0.379 e. The first-order chi connectivity index (χ1) is 9.19. The Balaban J connectivity index is 1.92. The number of amides is 2. The molecule has 0 aliphatic carbocycles. The highest BCUT2D eigenvalue weighted by atomic mass is 16.2. The monoisotopic (exact) mass is 258 g/mol. The molecule has 0 saturated carbocycles. The molecule has 5 heteroatoms. The molecule has 2 aromatic rings. The molecule has 2 rings (SSSR count). The number of nitrogens with zero attached hydrogens (tertiary/aromatic N) is 1. The lowest BCUT2D eigenvalue weighted by molar-refractivity contribution is 0.254. The van der Waals surface area contributed by atoms with Gasteiger partial charge in [-0.2, -0.15) is 0 Å². The van der Waals surface area contributed by atoms with Crippen molar-refractivity contribution in [3.63, 3.8) is 0 Å². The first-order valence-electron chi connectivity index (χ1n) is 6.12. The van der Waals surface area contributed by atoms with Gasteiger partial charge in [-0.05, 0) is 36.4 Å². The molecular formula is C14H18N4O. The lowest BCUT2D eigenvalue weighted by atomic mass is 10.2. The molecule has 19 heavy (non-hydrogen) atoms. The topological polar surface area (TPSA) is 58.1 Å². The summed E-state index contributed by atoms with van der Waals surface area (Å²) in [6, 6.07) is 11.5. The van der Waals surface area contributed by atoms with Crippen molar-refractivity contribution in [2.75, 3.05) is 17.7 Å². The molecule has 0 aliphatic rings. The molecule has 1 heterocycles. The second-order valence-corrected chi connectivity index (χ2v) is 4.25. The average molecular weight is 258 g/mol. The Morgan fingerprint density at radius 3 is 2.42 bits per heavy atom. The summed E-state index contributed by atoms with van der Waals surface area (Å²) in [5.74, 6) is 0. The summed E-state index contributed by atoms with van der Waals surface area (Å²) in [7, 11) is 3.61. The van der Waals surface area contributed by atoms with E-state index in [1.165, 1.54) is 5.69 Å². The second kappa shape index (κ2) is 5.95. The predicted molar refractivity (Wildman–Crippen MR) is 77.3 cm³/mol. The van der Waals surface area contributed by atoms with Gasteiger partial charge in [-0.1, -0.05) is 0 Å². The highest BCUT2D eigenvalue weighted by Gasteiger charge is 2.00. The molecule has 1 aromatic carbocycles. The van der Waals surface area contributed by atoms with Gasteiger partial charge in [0.15, 0.2) is 0 Å². The first kappa shape index (κ1) is 13.0. The van der Waals surface area contributed by atoms with E-state index in [1.54, 1.807) is 7.05 Å². The van der Waals surface area contributed by atoms with E-state index in [0.29, 0.717) is 0 Å². The summed E-state index contributed by atoms with van der Waals surface area (Å²) in [6.07, 6.45) is 2.02. The van der Waals surface area contributed by atoms with Crippen molar-refractivity contribution in [3.8, 4) is 0 Å². The van der Waals surface area contributed by atoms with Crippen molar-refractivity contribution in [1.29, 1.82) is 0 Å². The van der Waals surface area contributed by atoms with Gasteiger partial charge in [-0.25, -0.2) is 4.79 Å². The third-order valence-corrected chi connectivity index (χ3v) is 2.89. The number of anilines is 2. The average Bonchev–Trinajstić information content (AvgIpc) is 2.83. The Labute approximate surface area is 112 Å². The standard InChI is InChI=1S/C14H18N4O/c1-15-14(19)17-12-7-5-11(6-8-12)16-10-13-4-3-9-18(13)2/h3-9,16H,10H2,1-2H3,(H2,15,17,19). The molecule has 1 aromatic heterocycles. The Hall–Kier alpha value is -2.43. The van der Waals surface area contributed by atoms with E-state index in [4.69, 9.17) is 0 Å². The summed E-state index contributed by atoms with van der Waals surface area (Å²) in [4.78, 5) is 11.1. The van der Waals surface area contributed by atoms with Crippen LogP contribution in [0.15, 0.2) is 42.6 Å². The van der Waals surface area contributed by atoms with Gasteiger partial charge in [0.1, 0.15) is 0 Å². The van der Waals surface area contributed by atoms with Crippen molar-refractivity contribution in [3.05, 3.63) is 48.3 Å². The van der Waals surface area contributed by atoms with Gasteiger partial charge in [0.2, 0.25) is 0 Å². The highest BCUT2D eigenvalue weighted by molar-refractivity contribution is 5.89. The normalized spacial score (nSPS) is 10.0. The fraction of sp³-hybridized carbons (Fsp3) is 0.214. The van der Waals surface area contributed by atoms with Crippen LogP contribution >= 0.6 is 0 Å². The van der Waals surface area contributed by atoms with Crippen molar-refractivity contribution < 1.29 is 4.79 Å². The molecule has 0 atom stereocenters. The van der Waals surface area contributed by atoms with Crippen LogP contribution in [-0.4, -0.2) is 17.6 Å². The second-order valence-electron chi connectivity index (χ2n) is 4.25. The molecule has 2 amide bonds. The number of carbonyl (C=O) groups excluding carboxylic acids is 1. The van der Waals surface area contributed by atoms with E-state index in [9.17, 15) is 4.79 Å². The maximum absolute atomic E-state index is 11.1. The van der Waals surface area contributed by atoms with Crippen molar-refractivity contribution in [2.45, 2.75) is 6.54 Å². The SMILES string of the molecule is CNC(=O)Nc1ccc(NCc2cccn2C)cc1. The summed E-state index contributed by atoms with van der Waals surface area (Å²) < 4.78 is 2.08. The van der Waals surface area contributed by atoms with Crippen LogP contribution in [0.5, 0.6) is 0 Å². The van der Waals surface area contributed by atoms with Crippen LogP contribution in [0.2, 0.25) is 0 Å². The number of hydrogen-bond acceptors (Lipinski definition) is 2. The van der Waals surface area contributed by atoms with Gasteiger partial charge in [0.05, 0.1) is 6.54 Å². The lowest BCUT2D eigenvalue weighted by Crippen LogP contribution is -2.24. The van der Waals surface area contributed by atoms with Gasteiger partial charge in [-0.3, -0.25) is 0 Å². The zero-order valence-electron chi connectivity index (χ0n) is 11.1. The molecule has 0 spiro atoms. The number of urea groups is 1. The van der Waals surface area contributed by atoms with E-state index < -0.39 is 0 Å². The number of benzene rings is 1.